The molecule has 0 unspecified atom stereocenters. The molecule has 162 valence electrons. The van der Waals surface area contributed by atoms with Crippen molar-refractivity contribution in [1.29, 1.82) is 0 Å². The van der Waals surface area contributed by atoms with Crippen LogP contribution in [0.25, 0.3) is 6.08 Å². The Kier molecular flexibility index (Phi) is 5.43. The summed E-state index contributed by atoms with van der Waals surface area (Å²) in [6.45, 7) is 0. The van der Waals surface area contributed by atoms with Crippen LogP contribution in [0.2, 0.25) is 0 Å². The lowest BCUT2D eigenvalue weighted by Crippen LogP contribution is -2.39. The number of hydrogen-bond donors (Lipinski definition) is 4. The number of Topliss-reactive ketones (excluding diaryl/α,β-unsaturated/α-hetero) is 1. The molecule has 0 amide bonds. The van der Waals surface area contributed by atoms with Crippen LogP contribution in [0, 0.1) is 0 Å². The second kappa shape index (κ2) is 8.35. The molecule has 4 N–H and O–H groups in total. The molecule has 0 spiro atoms. The van der Waals surface area contributed by atoms with Gasteiger partial charge in [0.15, 0.2) is 17.6 Å². The van der Waals surface area contributed by atoms with E-state index < -0.39 is 29.7 Å². The van der Waals surface area contributed by atoms with Crippen molar-refractivity contribution in [2.45, 2.75) is 12.2 Å². The molecule has 8 nitrogen and oxygen atoms in total. The number of rotatable bonds is 4. The van der Waals surface area contributed by atoms with Crippen molar-refractivity contribution in [3.05, 3.63) is 83.4 Å². The fourth-order valence-electron chi connectivity index (χ4n) is 3.38. The van der Waals surface area contributed by atoms with Crippen LogP contribution in [-0.2, 0) is 9.53 Å². The fraction of sp³-hybridized carbons (Fsp3) is 0.0833. The van der Waals surface area contributed by atoms with Crippen molar-refractivity contribution < 1.29 is 39.5 Å². The highest BCUT2D eigenvalue weighted by Crippen LogP contribution is 2.42. The third-order valence-corrected chi connectivity index (χ3v) is 4.88. The number of carbonyl (C=O) groups is 2. The molecule has 3 aromatic carbocycles. The number of ether oxygens (including phenoxy) is 2. The summed E-state index contributed by atoms with van der Waals surface area (Å²) in [5.74, 6) is -2.99. The monoisotopic (exact) mass is 434 g/mol. The first-order valence-electron chi connectivity index (χ1n) is 9.56. The molecule has 0 aliphatic carbocycles. The van der Waals surface area contributed by atoms with Crippen molar-refractivity contribution in [2.24, 2.45) is 0 Å². The highest BCUT2D eigenvalue weighted by Gasteiger charge is 2.42. The van der Waals surface area contributed by atoms with Gasteiger partial charge in [0.1, 0.15) is 22.8 Å². The van der Waals surface area contributed by atoms with Crippen LogP contribution in [0.15, 0.2) is 66.7 Å². The van der Waals surface area contributed by atoms with Crippen molar-refractivity contribution in [1.82, 2.24) is 0 Å². The highest BCUT2D eigenvalue weighted by atomic mass is 16.6. The van der Waals surface area contributed by atoms with Gasteiger partial charge in [-0.15, -0.1) is 0 Å². The first-order valence-corrected chi connectivity index (χ1v) is 9.56. The number of ketones is 1. The zero-order valence-corrected chi connectivity index (χ0v) is 16.5. The van der Waals surface area contributed by atoms with E-state index in [1.54, 1.807) is 30.3 Å². The summed E-state index contributed by atoms with van der Waals surface area (Å²) < 4.78 is 11.3. The van der Waals surface area contributed by atoms with Gasteiger partial charge in [0.05, 0.1) is 0 Å². The second-order valence-corrected chi connectivity index (χ2v) is 7.09. The van der Waals surface area contributed by atoms with Gasteiger partial charge < -0.3 is 29.9 Å². The van der Waals surface area contributed by atoms with Crippen LogP contribution in [-0.4, -0.2) is 38.3 Å². The fourth-order valence-corrected chi connectivity index (χ4v) is 3.38. The van der Waals surface area contributed by atoms with Gasteiger partial charge in [-0.3, -0.25) is 4.79 Å². The standard InChI is InChI=1S/C24H18O8/c25-15-11-18(28)21-19(12-15)31-23(14-4-2-1-3-5-14)24(22(21)30)32-20(29)9-7-13-6-8-16(26)17(27)10-13/h1-12,23-28H/b9-7+/t23-,24+/m0/s1. The molecule has 32 heavy (non-hydrogen) atoms. The molecule has 4 rings (SSSR count). The summed E-state index contributed by atoms with van der Waals surface area (Å²) in [5, 5.41) is 38.8. The lowest BCUT2D eigenvalue weighted by atomic mass is 9.92. The number of fused-ring (bicyclic) bond motifs is 1. The average molecular weight is 434 g/mol. The van der Waals surface area contributed by atoms with Crippen molar-refractivity contribution in [2.75, 3.05) is 0 Å². The maximum atomic E-state index is 13.1. The Bertz CT molecular complexity index is 1220. The highest BCUT2D eigenvalue weighted by molar-refractivity contribution is 6.07. The van der Waals surface area contributed by atoms with Gasteiger partial charge in [0, 0.05) is 18.2 Å². The van der Waals surface area contributed by atoms with E-state index >= 15 is 0 Å². The lowest BCUT2D eigenvalue weighted by molar-refractivity contribution is -0.145. The summed E-state index contributed by atoms with van der Waals surface area (Å²) in [5.41, 5.74) is 0.779. The molecule has 0 saturated heterocycles. The van der Waals surface area contributed by atoms with E-state index in [9.17, 15) is 30.0 Å². The third-order valence-electron chi connectivity index (χ3n) is 4.88. The van der Waals surface area contributed by atoms with Gasteiger partial charge in [-0.2, -0.15) is 0 Å². The quantitative estimate of drug-likeness (QED) is 0.279. The minimum Gasteiger partial charge on any atom is -0.508 e. The van der Waals surface area contributed by atoms with E-state index in [-0.39, 0.29) is 28.6 Å². The van der Waals surface area contributed by atoms with Crippen molar-refractivity contribution in [3.63, 3.8) is 0 Å². The molecule has 1 aliphatic rings. The minimum atomic E-state index is -1.40. The smallest absolute Gasteiger partial charge is 0.331 e. The molecule has 0 radical (unpaired) electrons. The van der Waals surface area contributed by atoms with Crippen LogP contribution in [0.1, 0.15) is 27.6 Å². The molecule has 3 aromatic rings. The number of carbonyl (C=O) groups excluding carboxylic acids is 2. The molecule has 8 heteroatoms. The number of phenolic OH excluding ortho intramolecular Hbond substituents is 4. The van der Waals surface area contributed by atoms with E-state index in [1.807, 2.05) is 0 Å². The number of aromatic hydroxyl groups is 4. The Hall–Kier alpha value is -4.46. The topological polar surface area (TPSA) is 134 Å². The van der Waals surface area contributed by atoms with Gasteiger partial charge in [0.25, 0.3) is 0 Å². The maximum Gasteiger partial charge on any atom is 0.331 e. The van der Waals surface area contributed by atoms with E-state index in [2.05, 4.69) is 0 Å². The van der Waals surface area contributed by atoms with E-state index in [1.165, 1.54) is 30.3 Å². The van der Waals surface area contributed by atoms with Crippen LogP contribution in [0.5, 0.6) is 28.7 Å². The summed E-state index contributed by atoms with van der Waals surface area (Å²) in [4.78, 5) is 25.6. The van der Waals surface area contributed by atoms with Gasteiger partial charge in [-0.05, 0) is 29.3 Å². The van der Waals surface area contributed by atoms with Gasteiger partial charge in [-0.1, -0.05) is 36.4 Å². The lowest BCUT2D eigenvalue weighted by Gasteiger charge is -2.32. The molecule has 1 aliphatic heterocycles. The van der Waals surface area contributed by atoms with E-state index in [0.717, 1.165) is 12.1 Å². The normalized spacial score (nSPS) is 17.6. The zero-order valence-electron chi connectivity index (χ0n) is 16.5. The second-order valence-electron chi connectivity index (χ2n) is 7.09. The number of phenols is 4. The minimum absolute atomic E-state index is 0.0243. The SMILES string of the molecule is O=C(/C=C/c1ccc(O)c(O)c1)O[C@@H]1C(=O)c2c(O)cc(O)cc2O[C@H]1c1ccccc1. The summed E-state index contributed by atoms with van der Waals surface area (Å²) in [6.07, 6.45) is 0.00227. The Labute approximate surface area is 182 Å². The Balaban J connectivity index is 1.64. The van der Waals surface area contributed by atoms with Crippen LogP contribution >= 0.6 is 0 Å². The molecular weight excluding hydrogens is 416 g/mol. The van der Waals surface area contributed by atoms with Gasteiger partial charge in [0.2, 0.25) is 11.9 Å². The largest absolute Gasteiger partial charge is 0.508 e. The summed E-state index contributed by atoms with van der Waals surface area (Å²) >= 11 is 0. The Morgan fingerprint density at radius 3 is 2.38 bits per heavy atom. The maximum absolute atomic E-state index is 13.1. The predicted octanol–water partition coefficient (Wildman–Crippen LogP) is 3.45. The summed E-state index contributed by atoms with van der Waals surface area (Å²) in [7, 11) is 0. The number of hydrogen-bond acceptors (Lipinski definition) is 8. The zero-order chi connectivity index (χ0) is 22.8. The molecule has 0 saturated carbocycles. The molecule has 0 bridgehead atoms. The van der Waals surface area contributed by atoms with Crippen LogP contribution in [0.3, 0.4) is 0 Å². The van der Waals surface area contributed by atoms with E-state index in [4.69, 9.17) is 9.47 Å². The van der Waals surface area contributed by atoms with Crippen LogP contribution in [0.4, 0.5) is 0 Å². The first kappa shape index (κ1) is 20.8. The third kappa shape index (κ3) is 4.06. The van der Waals surface area contributed by atoms with Gasteiger partial charge in [-0.25, -0.2) is 4.79 Å². The Morgan fingerprint density at radius 2 is 1.66 bits per heavy atom. The number of benzene rings is 3. The van der Waals surface area contributed by atoms with E-state index in [0.29, 0.717) is 11.1 Å². The molecule has 0 fully saturated rings. The molecule has 1 heterocycles. The first-order chi connectivity index (χ1) is 15.3. The summed E-state index contributed by atoms with van der Waals surface area (Å²) in [6, 6.07) is 14.8. The predicted molar refractivity (Wildman–Crippen MR) is 113 cm³/mol. The van der Waals surface area contributed by atoms with Gasteiger partial charge >= 0.3 is 5.97 Å². The average Bonchev–Trinajstić information content (AvgIpc) is 2.76. The molecular formula is C24H18O8. The molecule has 2 atom stereocenters. The van der Waals surface area contributed by atoms with Crippen molar-refractivity contribution in [3.8, 4) is 28.7 Å². The molecule has 0 aromatic heterocycles. The number of esters is 1. The van der Waals surface area contributed by atoms with Crippen molar-refractivity contribution >= 4 is 17.8 Å². The Morgan fingerprint density at radius 1 is 0.906 bits per heavy atom. The van der Waals surface area contributed by atoms with Crippen LogP contribution < -0.4 is 4.74 Å².